The third kappa shape index (κ3) is 3.76. The van der Waals surface area contributed by atoms with Gasteiger partial charge >= 0.3 is 5.97 Å². The summed E-state index contributed by atoms with van der Waals surface area (Å²) in [7, 11) is 0. The molecule has 2 N–H and O–H groups in total. The number of carboxylic acids is 1. The molecule has 0 aromatic heterocycles. The highest BCUT2D eigenvalue weighted by atomic mass is 16.5. The van der Waals surface area contributed by atoms with Crippen LogP contribution in [0.25, 0.3) is 0 Å². The predicted octanol–water partition coefficient (Wildman–Crippen LogP) is 1.81. The van der Waals surface area contributed by atoms with Crippen molar-refractivity contribution in [1.29, 1.82) is 0 Å². The van der Waals surface area contributed by atoms with Crippen LogP contribution in [-0.2, 0) is 9.53 Å². The van der Waals surface area contributed by atoms with Crippen molar-refractivity contribution in [2.24, 2.45) is 5.92 Å². The number of aliphatic hydroxyl groups is 1. The van der Waals surface area contributed by atoms with Gasteiger partial charge in [0, 0.05) is 0 Å². The number of aliphatic carboxylic acids is 1. The van der Waals surface area contributed by atoms with Gasteiger partial charge in [-0.05, 0) is 32.6 Å². The molecule has 4 heteroatoms. The maximum absolute atomic E-state index is 11.2. The van der Waals surface area contributed by atoms with Crippen LogP contribution in [0.3, 0.4) is 0 Å². The molecule has 94 valence electrons. The molecular formula is C12H22O4. The maximum Gasteiger partial charge on any atom is 0.333 e. The zero-order valence-corrected chi connectivity index (χ0v) is 10.1. The molecule has 0 aromatic rings. The van der Waals surface area contributed by atoms with E-state index in [1.807, 2.05) is 0 Å². The maximum atomic E-state index is 11.2. The molecule has 1 fully saturated rings. The number of rotatable bonds is 5. The minimum Gasteiger partial charge on any atom is -0.479 e. The Balaban J connectivity index is 2.55. The number of hydrogen-bond donors (Lipinski definition) is 2. The Labute approximate surface area is 96.6 Å². The van der Waals surface area contributed by atoms with Crippen molar-refractivity contribution in [1.82, 2.24) is 0 Å². The topological polar surface area (TPSA) is 66.8 Å². The number of hydrogen-bond acceptors (Lipinski definition) is 3. The van der Waals surface area contributed by atoms with Gasteiger partial charge in [0.15, 0.2) is 6.10 Å². The van der Waals surface area contributed by atoms with Gasteiger partial charge in [-0.15, -0.1) is 0 Å². The fourth-order valence-corrected chi connectivity index (χ4v) is 2.15. The second-order valence-corrected chi connectivity index (χ2v) is 4.74. The van der Waals surface area contributed by atoms with Crippen molar-refractivity contribution in [2.75, 3.05) is 0 Å². The van der Waals surface area contributed by atoms with Gasteiger partial charge in [-0.25, -0.2) is 4.79 Å². The summed E-state index contributed by atoms with van der Waals surface area (Å²) < 4.78 is 5.46. The molecule has 16 heavy (non-hydrogen) atoms. The van der Waals surface area contributed by atoms with E-state index in [9.17, 15) is 9.90 Å². The van der Waals surface area contributed by atoms with Gasteiger partial charge in [-0.3, -0.25) is 0 Å². The van der Waals surface area contributed by atoms with E-state index >= 15 is 0 Å². The quantitative estimate of drug-likeness (QED) is 0.756. The number of carboxylic acid groups (broad SMARTS) is 1. The van der Waals surface area contributed by atoms with E-state index in [-0.39, 0.29) is 5.92 Å². The van der Waals surface area contributed by atoms with E-state index in [1.54, 1.807) is 13.8 Å². The minimum absolute atomic E-state index is 0.104. The lowest BCUT2D eigenvalue weighted by Gasteiger charge is -2.30. The molecule has 0 radical (unpaired) electrons. The first-order valence-electron chi connectivity index (χ1n) is 6.08. The van der Waals surface area contributed by atoms with Crippen molar-refractivity contribution in [3.8, 4) is 0 Å². The second-order valence-electron chi connectivity index (χ2n) is 4.74. The van der Waals surface area contributed by atoms with Gasteiger partial charge in [0.25, 0.3) is 0 Å². The third-order valence-corrected chi connectivity index (χ3v) is 3.36. The van der Waals surface area contributed by atoms with Crippen LogP contribution >= 0.6 is 0 Å². The summed E-state index contributed by atoms with van der Waals surface area (Å²) in [5.41, 5.74) is 0. The van der Waals surface area contributed by atoms with Crippen molar-refractivity contribution < 1.29 is 19.7 Å². The molecule has 0 spiro atoms. The molecule has 1 aliphatic rings. The van der Waals surface area contributed by atoms with Crippen LogP contribution in [0.5, 0.6) is 0 Å². The first-order valence-corrected chi connectivity index (χ1v) is 6.08. The Bertz CT molecular complexity index is 221. The van der Waals surface area contributed by atoms with E-state index in [0.717, 1.165) is 25.7 Å². The summed E-state index contributed by atoms with van der Waals surface area (Å²) in [5, 5.41) is 18.5. The van der Waals surface area contributed by atoms with E-state index in [4.69, 9.17) is 9.84 Å². The van der Waals surface area contributed by atoms with Crippen molar-refractivity contribution in [2.45, 2.75) is 64.3 Å². The highest BCUT2D eigenvalue weighted by molar-refractivity contribution is 5.72. The van der Waals surface area contributed by atoms with E-state index in [1.165, 1.54) is 6.42 Å². The lowest BCUT2D eigenvalue weighted by atomic mass is 9.85. The average molecular weight is 230 g/mol. The van der Waals surface area contributed by atoms with Crippen LogP contribution in [0.15, 0.2) is 0 Å². The summed E-state index contributed by atoms with van der Waals surface area (Å²) in [6.45, 7) is 3.33. The van der Waals surface area contributed by atoms with Crippen LogP contribution in [0.1, 0.15) is 46.0 Å². The molecule has 0 heterocycles. The fraction of sp³-hybridized carbons (Fsp3) is 0.917. The van der Waals surface area contributed by atoms with Crippen LogP contribution in [0.4, 0.5) is 0 Å². The van der Waals surface area contributed by atoms with Crippen LogP contribution in [0, 0.1) is 5.92 Å². The largest absolute Gasteiger partial charge is 0.479 e. The van der Waals surface area contributed by atoms with Gasteiger partial charge in [-0.1, -0.05) is 19.3 Å². The molecule has 1 rings (SSSR count). The molecule has 0 bridgehead atoms. The molecule has 0 saturated heterocycles. The van der Waals surface area contributed by atoms with E-state index < -0.39 is 24.3 Å². The third-order valence-electron chi connectivity index (χ3n) is 3.36. The highest BCUT2D eigenvalue weighted by Gasteiger charge is 2.32. The Hall–Kier alpha value is -0.610. The Morgan fingerprint density at radius 2 is 1.81 bits per heavy atom. The van der Waals surface area contributed by atoms with Gasteiger partial charge in [0.05, 0.1) is 12.2 Å². The number of aliphatic hydroxyl groups excluding tert-OH is 1. The zero-order valence-electron chi connectivity index (χ0n) is 10.1. The number of ether oxygens (including phenoxy) is 1. The normalized spacial score (nSPS) is 23.7. The van der Waals surface area contributed by atoms with Crippen molar-refractivity contribution in [3.63, 3.8) is 0 Å². The Morgan fingerprint density at radius 1 is 1.25 bits per heavy atom. The van der Waals surface area contributed by atoms with Crippen LogP contribution in [-0.4, -0.2) is 34.5 Å². The van der Waals surface area contributed by atoms with Gasteiger partial charge in [0.2, 0.25) is 0 Å². The van der Waals surface area contributed by atoms with Crippen molar-refractivity contribution in [3.05, 3.63) is 0 Å². The second kappa shape index (κ2) is 6.21. The molecule has 1 saturated carbocycles. The molecule has 0 aromatic carbocycles. The van der Waals surface area contributed by atoms with Crippen LogP contribution < -0.4 is 0 Å². The average Bonchev–Trinajstić information content (AvgIpc) is 2.26. The smallest absolute Gasteiger partial charge is 0.333 e. The zero-order chi connectivity index (χ0) is 12.1. The summed E-state index contributed by atoms with van der Waals surface area (Å²) in [4.78, 5) is 11.2. The van der Waals surface area contributed by atoms with Gasteiger partial charge in [0.1, 0.15) is 0 Å². The molecule has 0 aliphatic heterocycles. The summed E-state index contributed by atoms with van der Waals surface area (Å²) >= 11 is 0. The SMILES string of the molecule is CC(O)C(C)OC(C(=O)O)C1CCCCC1. The van der Waals surface area contributed by atoms with E-state index in [0.29, 0.717) is 0 Å². The monoisotopic (exact) mass is 230 g/mol. The molecule has 3 atom stereocenters. The van der Waals surface area contributed by atoms with E-state index in [2.05, 4.69) is 0 Å². The summed E-state index contributed by atoms with van der Waals surface area (Å²) in [6, 6.07) is 0. The standard InChI is InChI=1S/C12H22O4/c1-8(13)9(2)16-11(12(14)15)10-6-4-3-5-7-10/h8-11,13H,3-7H2,1-2H3,(H,14,15). The van der Waals surface area contributed by atoms with Gasteiger partial charge in [-0.2, -0.15) is 0 Å². The van der Waals surface area contributed by atoms with Crippen LogP contribution in [0.2, 0.25) is 0 Å². The molecule has 4 nitrogen and oxygen atoms in total. The lowest BCUT2D eigenvalue weighted by Crippen LogP contribution is -2.39. The summed E-state index contributed by atoms with van der Waals surface area (Å²) in [5.74, 6) is -0.799. The lowest BCUT2D eigenvalue weighted by molar-refractivity contribution is -0.164. The first-order chi connectivity index (χ1) is 7.52. The number of carbonyl (C=O) groups is 1. The molecule has 1 aliphatic carbocycles. The molecule has 3 unspecified atom stereocenters. The Kier molecular flexibility index (Phi) is 5.22. The van der Waals surface area contributed by atoms with Gasteiger partial charge < -0.3 is 14.9 Å². The molecular weight excluding hydrogens is 208 g/mol. The van der Waals surface area contributed by atoms with Crippen molar-refractivity contribution >= 4 is 5.97 Å². The molecule has 0 amide bonds. The predicted molar refractivity (Wildman–Crippen MR) is 60.2 cm³/mol. The minimum atomic E-state index is -0.903. The Morgan fingerprint density at radius 3 is 2.25 bits per heavy atom. The fourth-order valence-electron chi connectivity index (χ4n) is 2.15. The summed E-state index contributed by atoms with van der Waals surface area (Å²) in [6.07, 6.45) is 3.38. The first kappa shape index (κ1) is 13.5. The highest BCUT2D eigenvalue weighted by Crippen LogP contribution is 2.29.